The second kappa shape index (κ2) is 4.40. The molecule has 0 unspecified atom stereocenters. The highest BCUT2D eigenvalue weighted by Crippen LogP contribution is 2.04. The van der Waals surface area contributed by atoms with E-state index in [1.807, 2.05) is 20.8 Å². The molecule has 4 heteroatoms. The van der Waals surface area contributed by atoms with Gasteiger partial charge >= 0.3 is 0 Å². The smallest absolute Gasteiger partial charge is 0.253 e. The average Bonchev–Trinajstić information content (AvgIpc) is 2.15. The van der Waals surface area contributed by atoms with E-state index in [9.17, 15) is 4.79 Å². The van der Waals surface area contributed by atoms with Crippen molar-refractivity contribution in [2.24, 2.45) is 5.73 Å². The highest BCUT2D eigenvalue weighted by Gasteiger charge is 2.15. The molecule has 1 aromatic heterocycles. The second-order valence-corrected chi connectivity index (χ2v) is 4.45. The van der Waals surface area contributed by atoms with Gasteiger partial charge in [-0.1, -0.05) is 0 Å². The molecule has 0 aliphatic carbocycles. The van der Waals surface area contributed by atoms with Crippen molar-refractivity contribution in [3.8, 4) is 0 Å². The van der Waals surface area contributed by atoms with Gasteiger partial charge in [-0.05, 0) is 32.9 Å². The fraction of sp³-hybridized carbons (Fsp3) is 0.455. The summed E-state index contributed by atoms with van der Waals surface area (Å²) in [6.45, 7) is 6.20. The van der Waals surface area contributed by atoms with Crippen LogP contribution in [0.1, 0.15) is 36.8 Å². The molecular formula is C11H17N3O. The Morgan fingerprint density at radius 3 is 2.53 bits per heavy atom. The zero-order valence-corrected chi connectivity index (χ0v) is 9.37. The molecule has 1 aromatic rings. The van der Waals surface area contributed by atoms with E-state index >= 15 is 0 Å². The highest BCUT2D eigenvalue weighted by atomic mass is 16.1. The van der Waals surface area contributed by atoms with E-state index in [1.54, 1.807) is 18.3 Å². The Labute approximate surface area is 89.9 Å². The van der Waals surface area contributed by atoms with Crippen LogP contribution in [0, 0.1) is 0 Å². The van der Waals surface area contributed by atoms with Crippen molar-refractivity contribution < 1.29 is 4.79 Å². The summed E-state index contributed by atoms with van der Waals surface area (Å²) in [5.41, 5.74) is 6.52. The van der Waals surface area contributed by atoms with E-state index in [-0.39, 0.29) is 11.4 Å². The number of amides is 1. The van der Waals surface area contributed by atoms with Crippen LogP contribution in [0.5, 0.6) is 0 Å². The first-order valence-electron chi connectivity index (χ1n) is 4.90. The minimum atomic E-state index is -0.233. The van der Waals surface area contributed by atoms with E-state index in [0.29, 0.717) is 12.1 Å². The van der Waals surface area contributed by atoms with E-state index in [4.69, 9.17) is 5.73 Å². The number of carbonyl (C=O) groups is 1. The van der Waals surface area contributed by atoms with Crippen LogP contribution in [-0.2, 0) is 6.54 Å². The monoisotopic (exact) mass is 207 g/mol. The van der Waals surface area contributed by atoms with Crippen molar-refractivity contribution in [1.29, 1.82) is 0 Å². The largest absolute Gasteiger partial charge is 0.347 e. The Morgan fingerprint density at radius 2 is 2.13 bits per heavy atom. The van der Waals surface area contributed by atoms with Crippen molar-refractivity contribution in [2.75, 3.05) is 0 Å². The maximum Gasteiger partial charge on any atom is 0.253 e. The molecule has 4 nitrogen and oxygen atoms in total. The van der Waals surface area contributed by atoms with E-state index in [0.717, 1.165) is 5.69 Å². The Balaban J connectivity index is 2.75. The average molecular weight is 207 g/mol. The number of rotatable bonds is 2. The normalized spacial score (nSPS) is 11.2. The molecule has 15 heavy (non-hydrogen) atoms. The summed E-state index contributed by atoms with van der Waals surface area (Å²) in [6, 6.07) is 3.49. The Kier molecular flexibility index (Phi) is 3.42. The van der Waals surface area contributed by atoms with Crippen LogP contribution >= 0.6 is 0 Å². The van der Waals surface area contributed by atoms with Crippen LogP contribution in [0.25, 0.3) is 0 Å². The molecule has 3 N–H and O–H groups in total. The molecule has 0 bridgehead atoms. The third kappa shape index (κ3) is 3.67. The molecule has 0 radical (unpaired) electrons. The van der Waals surface area contributed by atoms with Crippen LogP contribution in [0.4, 0.5) is 0 Å². The Bertz CT molecular complexity index is 338. The summed E-state index contributed by atoms with van der Waals surface area (Å²) in [5.74, 6) is -0.112. The second-order valence-electron chi connectivity index (χ2n) is 4.45. The summed E-state index contributed by atoms with van der Waals surface area (Å²) in [6.07, 6.45) is 1.54. The van der Waals surface area contributed by atoms with Gasteiger partial charge < -0.3 is 11.1 Å². The van der Waals surface area contributed by atoms with Crippen molar-refractivity contribution in [3.63, 3.8) is 0 Å². The third-order valence-electron chi connectivity index (χ3n) is 1.78. The predicted octanol–water partition coefficient (Wildman–Crippen LogP) is 1.07. The third-order valence-corrected chi connectivity index (χ3v) is 1.78. The summed E-state index contributed by atoms with van der Waals surface area (Å²) in [7, 11) is 0. The topological polar surface area (TPSA) is 68.0 Å². The summed E-state index contributed by atoms with van der Waals surface area (Å²) >= 11 is 0. The number of carbonyl (C=O) groups excluding carboxylic acids is 1. The van der Waals surface area contributed by atoms with Gasteiger partial charge in [0.05, 0.1) is 11.3 Å². The Morgan fingerprint density at radius 1 is 1.47 bits per heavy atom. The molecule has 1 rings (SSSR count). The van der Waals surface area contributed by atoms with E-state index in [2.05, 4.69) is 10.3 Å². The van der Waals surface area contributed by atoms with Gasteiger partial charge in [0.25, 0.3) is 5.91 Å². The quantitative estimate of drug-likeness (QED) is 0.762. The van der Waals surface area contributed by atoms with Gasteiger partial charge in [0.1, 0.15) is 0 Å². The molecule has 0 spiro atoms. The fourth-order valence-corrected chi connectivity index (χ4v) is 1.09. The number of hydrogen-bond acceptors (Lipinski definition) is 3. The van der Waals surface area contributed by atoms with Gasteiger partial charge in [-0.15, -0.1) is 0 Å². The van der Waals surface area contributed by atoms with Crippen LogP contribution in [-0.4, -0.2) is 16.4 Å². The number of aromatic nitrogens is 1. The molecule has 0 saturated carbocycles. The molecular weight excluding hydrogens is 190 g/mol. The lowest BCUT2D eigenvalue weighted by Crippen LogP contribution is -2.40. The lowest BCUT2D eigenvalue weighted by molar-refractivity contribution is 0.0919. The van der Waals surface area contributed by atoms with Gasteiger partial charge in [-0.25, -0.2) is 0 Å². The first-order valence-corrected chi connectivity index (χ1v) is 4.90. The van der Waals surface area contributed by atoms with E-state index < -0.39 is 0 Å². The number of nitrogens with zero attached hydrogens (tertiary/aromatic N) is 1. The van der Waals surface area contributed by atoms with Crippen LogP contribution < -0.4 is 11.1 Å². The predicted molar refractivity (Wildman–Crippen MR) is 59.3 cm³/mol. The SMILES string of the molecule is CC(C)(C)NC(=O)c1ccc(CN)nc1. The lowest BCUT2D eigenvalue weighted by atomic mass is 10.1. The molecule has 0 saturated heterocycles. The molecule has 1 heterocycles. The lowest BCUT2D eigenvalue weighted by Gasteiger charge is -2.20. The molecule has 1 amide bonds. The molecule has 0 fully saturated rings. The van der Waals surface area contributed by atoms with Crippen molar-refractivity contribution in [1.82, 2.24) is 10.3 Å². The van der Waals surface area contributed by atoms with Crippen molar-refractivity contribution in [3.05, 3.63) is 29.6 Å². The number of hydrogen-bond donors (Lipinski definition) is 2. The zero-order valence-electron chi connectivity index (χ0n) is 9.37. The van der Waals surface area contributed by atoms with Crippen LogP contribution in [0.3, 0.4) is 0 Å². The maximum atomic E-state index is 11.7. The number of nitrogens with one attached hydrogen (secondary N) is 1. The fourth-order valence-electron chi connectivity index (χ4n) is 1.09. The summed E-state index contributed by atoms with van der Waals surface area (Å²) in [4.78, 5) is 15.7. The molecule has 0 aromatic carbocycles. The van der Waals surface area contributed by atoms with Gasteiger partial charge in [-0.2, -0.15) is 0 Å². The van der Waals surface area contributed by atoms with Gasteiger partial charge in [-0.3, -0.25) is 9.78 Å². The van der Waals surface area contributed by atoms with Gasteiger partial charge in [0.15, 0.2) is 0 Å². The van der Waals surface area contributed by atoms with Crippen molar-refractivity contribution in [2.45, 2.75) is 32.9 Å². The van der Waals surface area contributed by atoms with Crippen LogP contribution in [0.2, 0.25) is 0 Å². The molecule has 0 aliphatic rings. The maximum absolute atomic E-state index is 11.7. The number of nitrogens with two attached hydrogens (primary N) is 1. The first-order chi connectivity index (χ1) is 6.92. The standard InChI is InChI=1S/C11H17N3O/c1-11(2,3)14-10(15)8-4-5-9(6-12)13-7-8/h4-5,7H,6,12H2,1-3H3,(H,14,15). The molecule has 0 aliphatic heterocycles. The highest BCUT2D eigenvalue weighted by molar-refractivity contribution is 5.94. The minimum Gasteiger partial charge on any atom is -0.347 e. The first kappa shape index (κ1) is 11.7. The Hall–Kier alpha value is -1.42. The van der Waals surface area contributed by atoms with E-state index in [1.165, 1.54) is 0 Å². The van der Waals surface area contributed by atoms with Gasteiger partial charge in [0, 0.05) is 18.3 Å². The molecule has 82 valence electrons. The van der Waals surface area contributed by atoms with Gasteiger partial charge in [0.2, 0.25) is 0 Å². The number of pyridine rings is 1. The minimum absolute atomic E-state index is 0.112. The van der Waals surface area contributed by atoms with Crippen LogP contribution in [0.15, 0.2) is 18.3 Å². The summed E-state index contributed by atoms with van der Waals surface area (Å²) in [5, 5.41) is 2.86. The molecule has 0 atom stereocenters. The zero-order chi connectivity index (χ0) is 11.5. The summed E-state index contributed by atoms with van der Waals surface area (Å²) < 4.78 is 0. The van der Waals surface area contributed by atoms with Crippen molar-refractivity contribution >= 4 is 5.91 Å².